The van der Waals surface area contributed by atoms with E-state index in [0.717, 1.165) is 0 Å². The quantitative estimate of drug-likeness (QED) is 0.419. The zero-order chi connectivity index (χ0) is 21.8. The molecule has 2 aromatic rings. The Kier molecular flexibility index (Phi) is 11.0. The fourth-order valence-electron chi connectivity index (χ4n) is 3.70. The maximum absolute atomic E-state index is 13.1. The van der Waals surface area contributed by atoms with E-state index in [9.17, 15) is 19.5 Å². The van der Waals surface area contributed by atoms with E-state index in [1.165, 1.54) is 19.2 Å². The van der Waals surface area contributed by atoms with Crippen molar-refractivity contribution in [2.75, 3.05) is 4.90 Å². The molecule has 1 aromatic carbocycles. The van der Waals surface area contributed by atoms with Crippen LogP contribution < -0.4 is 10.2 Å². The maximum atomic E-state index is 13.1. The van der Waals surface area contributed by atoms with Crippen LogP contribution in [0.25, 0.3) is 6.08 Å². The average molecular weight is 827 g/mol. The van der Waals surface area contributed by atoms with Gasteiger partial charge in [-0.2, -0.15) is 0 Å². The van der Waals surface area contributed by atoms with E-state index in [-0.39, 0.29) is 70.4 Å². The number of carbonyl (C=O) groups is 3. The molecule has 2 amide bonds. The van der Waals surface area contributed by atoms with Crippen LogP contribution in [0.1, 0.15) is 37.4 Å². The van der Waals surface area contributed by atoms with Crippen LogP contribution in [0.5, 0.6) is 0 Å². The van der Waals surface area contributed by atoms with Gasteiger partial charge in [-0.15, -0.1) is 12.1 Å². The molecule has 1 aromatic heterocycles. The van der Waals surface area contributed by atoms with Gasteiger partial charge in [-0.05, 0) is 31.2 Å². The second kappa shape index (κ2) is 12.5. The van der Waals surface area contributed by atoms with Gasteiger partial charge in [0.25, 0.3) is 0 Å². The summed E-state index contributed by atoms with van der Waals surface area (Å²) in [7, 11) is 0. The standard InChI is InChI=1S/C23H23N3O4.U.W/c1-4-16-7-9-18(10-8-16)26-15(3)19(12-20(26)27)22(28)25-21(14(2)23(29)30)17-6-5-11-24-13-17;;/h1,4-7,9-11,13-15,19,21H,12H2,2-3H3,(H,25,28)(H,29,30);;/q-2;;. The van der Waals surface area contributed by atoms with Crippen molar-refractivity contribution in [1.82, 2.24) is 10.3 Å². The minimum atomic E-state index is -1.03. The summed E-state index contributed by atoms with van der Waals surface area (Å²) in [6, 6.07) is 10.4. The summed E-state index contributed by atoms with van der Waals surface area (Å²) in [5.74, 6) is -3.05. The van der Waals surface area contributed by atoms with Gasteiger partial charge in [-0.3, -0.25) is 19.4 Å². The first-order chi connectivity index (χ1) is 14.3. The van der Waals surface area contributed by atoms with Crippen molar-refractivity contribution in [3.63, 3.8) is 0 Å². The maximum Gasteiger partial charge on any atom is 0.308 e. The number of benzene rings is 1. The molecule has 2 heterocycles. The molecule has 0 radical (unpaired) electrons. The molecule has 1 aliphatic heterocycles. The normalized spacial score (nSPS) is 19.2. The van der Waals surface area contributed by atoms with E-state index in [1.54, 1.807) is 48.4 Å². The molecule has 0 saturated carbocycles. The number of carboxylic acids is 1. The third-order valence-electron chi connectivity index (χ3n) is 5.50. The van der Waals surface area contributed by atoms with E-state index in [4.69, 9.17) is 6.58 Å². The number of rotatable bonds is 7. The molecule has 0 bridgehead atoms. The number of nitrogens with zero attached hydrogens (tertiary/aromatic N) is 2. The number of nitrogens with one attached hydrogen (secondary N) is 1. The van der Waals surface area contributed by atoms with Gasteiger partial charge in [0, 0.05) is 77.0 Å². The Balaban J connectivity index is 0.00000256. The van der Waals surface area contributed by atoms with E-state index >= 15 is 0 Å². The number of pyridine rings is 1. The van der Waals surface area contributed by atoms with Crippen LogP contribution in [-0.2, 0) is 35.4 Å². The predicted octanol–water partition coefficient (Wildman–Crippen LogP) is 2.65. The number of carbonyl (C=O) groups excluding carboxylic acids is 2. The molecular formula is C23H23N3O4UW-2. The first-order valence-corrected chi connectivity index (χ1v) is 9.65. The third-order valence-corrected chi connectivity index (χ3v) is 5.50. The Labute approximate surface area is 225 Å². The fraction of sp³-hybridized carbons (Fsp3) is 0.304. The van der Waals surface area contributed by atoms with Crippen molar-refractivity contribution in [2.45, 2.75) is 32.4 Å². The summed E-state index contributed by atoms with van der Waals surface area (Å²) < 4.78 is 0. The zero-order valence-electron chi connectivity index (χ0n) is 17.7. The fourth-order valence-corrected chi connectivity index (χ4v) is 3.70. The van der Waals surface area contributed by atoms with Crippen LogP contribution in [0, 0.1) is 55.6 Å². The Morgan fingerprint density at radius 2 is 2.09 bits per heavy atom. The van der Waals surface area contributed by atoms with Crippen molar-refractivity contribution < 1.29 is 71.7 Å². The van der Waals surface area contributed by atoms with Crippen molar-refractivity contribution >= 4 is 29.5 Å². The summed E-state index contributed by atoms with van der Waals surface area (Å²) in [6.45, 7) is 8.81. The van der Waals surface area contributed by atoms with Crippen molar-refractivity contribution in [2.24, 2.45) is 11.8 Å². The molecule has 1 fully saturated rings. The molecule has 166 valence electrons. The predicted molar refractivity (Wildman–Crippen MR) is 111 cm³/mol. The molecule has 4 atom stereocenters. The molecule has 4 unspecified atom stereocenters. The van der Waals surface area contributed by atoms with Crippen LogP contribution in [0.3, 0.4) is 0 Å². The number of hydrogen-bond acceptors (Lipinski definition) is 4. The molecule has 3 rings (SSSR count). The molecular weight excluding hydrogens is 804 g/mol. The third kappa shape index (κ3) is 6.19. The minimum Gasteiger partial charge on any atom is -0.481 e. The Bertz CT molecular complexity index is 955. The monoisotopic (exact) mass is 827 g/mol. The molecule has 0 aliphatic carbocycles. The van der Waals surface area contributed by atoms with Gasteiger partial charge in [0.15, 0.2) is 0 Å². The second-order valence-electron chi connectivity index (χ2n) is 7.38. The number of carboxylic acid groups (broad SMARTS) is 1. The summed E-state index contributed by atoms with van der Waals surface area (Å²) in [5.41, 5.74) is 1.93. The Morgan fingerprint density at radius 1 is 1.38 bits per heavy atom. The topological polar surface area (TPSA) is 99.6 Å². The van der Waals surface area contributed by atoms with Crippen LogP contribution in [0.15, 0.2) is 42.7 Å². The van der Waals surface area contributed by atoms with E-state index < -0.39 is 29.9 Å². The number of hydrogen-bond donors (Lipinski definition) is 2. The van der Waals surface area contributed by atoms with Crippen LogP contribution >= 0.6 is 0 Å². The van der Waals surface area contributed by atoms with Crippen LogP contribution in [-0.4, -0.2) is 33.9 Å². The van der Waals surface area contributed by atoms with Gasteiger partial charge in [-0.1, -0.05) is 6.07 Å². The SMILES string of the molecule is [CH-]=Cc1[c-]cc(N2C(=O)CC(C(=O)NC(c3cccnc3)C(C)C(=O)O)C2C)cc1.[U].[W]. The summed E-state index contributed by atoms with van der Waals surface area (Å²) >= 11 is 0. The number of anilines is 1. The molecule has 0 spiro atoms. The number of aromatic nitrogens is 1. The Morgan fingerprint density at radius 3 is 2.62 bits per heavy atom. The second-order valence-corrected chi connectivity index (χ2v) is 7.38. The van der Waals surface area contributed by atoms with E-state index in [0.29, 0.717) is 16.8 Å². The largest absolute Gasteiger partial charge is 0.481 e. The minimum absolute atomic E-state index is 0. The van der Waals surface area contributed by atoms with Gasteiger partial charge in [0.2, 0.25) is 11.8 Å². The molecule has 9 heteroatoms. The average Bonchev–Trinajstić information content (AvgIpc) is 3.06. The van der Waals surface area contributed by atoms with Crippen LogP contribution in [0.4, 0.5) is 5.69 Å². The summed E-state index contributed by atoms with van der Waals surface area (Å²) in [5, 5.41) is 12.3. The smallest absolute Gasteiger partial charge is 0.308 e. The summed E-state index contributed by atoms with van der Waals surface area (Å²) in [4.78, 5) is 42.9. The van der Waals surface area contributed by atoms with E-state index in [2.05, 4.69) is 16.4 Å². The van der Waals surface area contributed by atoms with Crippen molar-refractivity contribution in [3.05, 3.63) is 66.5 Å². The molecule has 2 N–H and O–H groups in total. The number of aliphatic carboxylic acids is 1. The van der Waals surface area contributed by atoms with Gasteiger partial charge in [0.05, 0.1) is 17.9 Å². The first-order valence-electron chi connectivity index (χ1n) is 9.65. The zero-order valence-corrected chi connectivity index (χ0v) is 24.8. The van der Waals surface area contributed by atoms with Gasteiger partial charge in [0.1, 0.15) is 0 Å². The molecule has 1 aliphatic rings. The molecule has 7 nitrogen and oxygen atoms in total. The van der Waals surface area contributed by atoms with E-state index in [1.807, 2.05) is 0 Å². The summed E-state index contributed by atoms with van der Waals surface area (Å²) in [6.07, 6.45) is 4.57. The van der Waals surface area contributed by atoms with Crippen molar-refractivity contribution in [3.8, 4) is 0 Å². The molecule has 1 saturated heterocycles. The Hall–Kier alpha value is -1.74. The van der Waals surface area contributed by atoms with Crippen LogP contribution in [0.2, 0.25) is 0 Å². The number of amides is 2. The van der Waals surface area contributed by atoms with Gasteiger partial charge >= 0.3 is 5.97 Å². The van der Waals surface area contributed by atoms with Gasteiger partial charge in [-0.25, -0.2) is 12.1 Å². The first kappa shape index (κ1) is 28.3. The van der Waals surface area contributed by atoms with Crippen molar-refractivity contribution in [1.29, 1.82) is 0 Å². The van der Waals surface area contributed by atoms with Gasteiger partial charge < -0.3 is 33.5 Å². The molecule has 32 heavy (non-hydrogen) atoms.